The molecule has 2 aliphatic carbocycles. The summed E-state index contributed by atoms with van der Waals surface area (Å²) in [5.41, 5.74) is 11.7. The molecule has 2 bridgehead atoms. The minimum Gasteiger partial charge on any atom is -0.404 e. The lowest BCUT2D eigenvalue weighted by Gasteiger charge is -2.35. The fourth-order valence-corrected chi connectivity index (χ4v) is 10.3. The zero-order valence-electron chi connectivity index (χ0n) is 42.3. The Morgan fingerprint density at radius 2 is 1.34 bits per heavy atom. The highest BCUT2D eigenvalue weighted by molar-refractivity contribution is 6.47. The second-order valence-corrected chi connectivity index (χ2v) is 20.6. The van der Waals surface area contributed by atoms with Gasteiger partial charge in [-0.1, -0.05) is 98.8 Å². The van der Waals surface area contributed by atoms with Crippen LogP contribution in [0.3, 0.4) is 0 Å². The molecule has 11 atom stereocenters. The van der Waals surface area contributed by atoms with E-state index in [0.29, 0.717) is 24.7 Å². The van der Waals surface area contributed by atoms with Gasteiger partial charge in [-0.05, 0) is 69.6 Å². The van der Waals surface area contributed by atoms with E-state index < -0.39 is 116 Å². The predicted octanol–water partition coefficient (Wildman–Crippen LogP) is 0.636. The summed E-state index contributed by atoms with van der Waals surface area (Å²) in [5.74, 6) is -4.96. The van der Waals surface area contributed by atoms with Gasteiger partial charge < -0.3 is 67.8 Å². The molecule has 0 radical (unpaired) electrons. The molecule has 7 amide bonds. The van der Waals surface area contributed by atoms with Crippen LogP contribution in [0.4, 0.5) is 0 Å². The van der Waals surface area contributed by atoms with Gasteiger partial charge in [0.05, 0.1) is 36.9 Å². The summed E-state index contributed by atoms with van der Waals surface area (Å²) in [6.45, 7) is 13.9. The monoisotopic (exact) mass is 964 g/mol. The first-order valence-corrected chi connectivity index (χ1v) is 25.1. The smallest absolute Gasteiger partial charge is 0.404 e. The second-order valence-electron chi connectivity index (χ2n) is 20.6. The minimum atomic E-state index is -1.67. The van der Waals surface area contributed by atoms with Crippen molar-refractivity contribution in [3.8, 4) is 0 Å². The largest absolute Gasteiger partial charge is 0.481 e. The predicted molar refractivity (Wildman–Crippen MR) is 258 cm³/mol. The van der Waals surface area contributed by atoms with Gasteiger partial charge in [0.2, 0.25) is 35.4 Å². The van der Waals surface area contributed by atoms with Gasteiger partial charge in [-0.2, -0.15) is 0 Å². The third-order valence-electron chi connectivity index (χ3n) is 14.2. The second kappa shape index (κ2) is 27.5. The summed E-state index contributed by atoms with van der Waals surface area (Å²) in [4.78, 5) is 92.1. The van der Waals surface area contributed by atoms with Crippen LogP contribution in [-0.2, 0) is 42.9 Å². The first-order chi connectivity index (χ1) is 32.0. The number of hydrogen-bond acceptors (Lipinski definition) is 13. The van der Waals surface area contributed by atoms with E-state index in [0.717, 1.165) is 37.0 Å². The van der Waals surface area contributed by atoms with E-state index in [1.165, 1.54) is 58.9 Å². The van der Waals surface area contributed by atoms with Gasteiger partial charge in [0.25, 0.3) is 5.91 Å². The highest BCUT2D eigenvalue weighted by Gasteiger charge is 2.70. The minimum absolute atomic E-state index is 0.0121. The molecule has 3 fully saturated rings. The van der Waals surface area contributed by atoms with Crippen LogP contribution in [0.25, 0.3) is 0 Å². The highest BCUT2D eigenvalue weighted by Crippen LogP contribution is 2.65. The number of aliphatic hydroxyl groups excluding tert-OH is 2. The third-order valence-corrected chi connectivity index (χ3v) is 14.2. The summed E-state index contributed by atoms with van der Waals surface area (Å²) in [5, 5.41) is 35.3. The maximum absolute atomic E-state index is 13.6. The van der Waals surface area contributed by atoms with E-state index in [4.69, 9.17) is 20.8 Å². The molecule has 1 aliphatic heterocycles. The molecular weight excluding hydrogens is 877 g/mol. The Morgan fingerprint density at radius 1 is 0.750 bits per heavy atom. The van der Waals surface area contributed by atoms with Crippen molar-refractivity contribution in [3.63, 3.8) is 0 Å². The molecule has 0 aromatic heterocycles. The van der Waals surface area contributed by atoms with Crippen LogP contribution in [0, 0.1) is 23.2 Å². The van der Waals surface area contributed by atoms with Gasteiger partial charge in [0.15, 0.2) is 6.17 Å². The van der Waals surface area contributed by atoms with Crippen LogP contribution in [-0.4, -0.2) is 144 Å². The third kappa shape index (κ3) is 16.4. The number of carbonyl (C=O) groups is 7. The SMILES string of the molecule is CCCCCCCCCCCCCC(=O)N[C@H](CO)C(=O)N[C@H](N)C(=O)NCC(=O)N(C)[C@H](C(=O)NC[C@@H](N)C(=O)N[C@@H](CC(C)C)C(=O)N[C@@H](C)B1OC2C3CCC(C3(C)C)C2(C)O1)C(C)O. The Hall–Kier alpha value is -3.89. The number of nitrogens with one attached hydrogen (secondary N) is 6. The average Bonchev–Trinajstić information content (AvgIpc) is 3.85. The first-order valence-electron chi connectivity index (χ1n) is 25.1. The molecule has 0 spiro atoms. The van der Waals surface area contributed by atoms with Crippen molar-refractivity contribution in [3.05, 3.63) is 0 Å². The van der Waals surface area contributed by atoms with Crippen molar-refractivity contribution in [2.45, 2.75) is 206 Å². The first kappa shape index (κ1) is 58.4. The van der Waals surface area contributed by atoms with E-state index in [-0.39, 0.29) is 23.9 Å². The fourth-order valence-electron chi connectivity index (χ4n) is 10.3. The van der Waals surface area contributed by atoms with E-state index >= 15 is 0 Å². The topological polar surface area (TPSA) is 306 Å². The number of rotatable bonds is 31. The van der Waals surface area contributed by atoms with Crippen molar-refractivity contribution in [2.75, 3.05) is 26.7 Å². The Labute approximate surface area is 404 Å². The number of unbranched alkanes of at least 4 members (excludes halogenated alkanes) is 10. The summed E-state index contributed by atoms with van der Waals surface area (Å²) in [6.07, 6.45) is 11.8. The van der Waals surface area contributed by atoms with Crippen molar-refractivity contribution < 1.29 is 53.1 Å². The number of fused-ring (bicyclic) bond motifs is 5. The van der Waals surface area contributed by atoms with Gasteiger partial charge in [0, 0.05) is 20.0 Å². The van der Waals surface area contributed by atoms with E-state index in [1.807, 2.05) is 13.8 Å². The average molecular weight is 964 g/mol. The van der Waals surface area contributed by atoms with E-state index in [1.54, 1.807) is 6.92 Å². The van der Waals surface area contributed by atoms with Crippen molar-refractivity contribution in [1.29, 1.82) is 0 Å². The zero-order chi connectivity index (χ0) is 50.9. The molecule has 388 valence electrons. The Bertz CT molecular complexity index is 1690. The lowest BCUT2D eigenvalue weighted by Crippen LogP contribution is -2.60. The molecular formula is C47H86BN9O11. The molecule has 3 aliphatic rings. The number of nitrogens with zero attached hydrogens (tertiary/aromatic N) is 1. The standard InChI is InChI=1S/C47H86BN9O11/c1-10-11-12-13-14-15-16-17-18-19-20-21-36(60)54-34(27-58)43(64)56-40(50)45(66)52-26-37(61)57(9)38(29(4)59)44(65)51-25-32(49)41(62)55-33(24-28(2)3)42(63)53-30(5)48-67-39-31-22-23-35(46(31,6)7)47(39,8)68-48/h28-35,38-40,58-59H,10-27,49-50H2,1-9H3,(H,51,65)(H,52,66)(H,53,63)(H,54,60)(H,55,62)(H,56,64)/t29?,30-,31?,32+,33-,34+,35?,38-,39?,40-,47?/m0/s1. The van der Waals surface area contributed by atoms with Crippen molar-refractivity contribution in [2.24, 2.45) is 34.6 Å². The van der Waals surface area contributed by atoms with Crippen LogP contribution in [0.15, 0.2) is 0 Å². The number of likely N-dealkylation sites (N-methyl/N-ethyl adjacent to an activating group) is 1. The number of nitrogens with two attached hydrogens (primary N) is 2. The molecule has 5 unspecified atom stereocenters. The van der Waals surface area contributed by atoms with Crippen LogP contribution in [0.1, 0.15) is 152 Å². The quantitative estimate of drug-likeness (QED) is 0.0260. The number of amides is 7. The normalized spacial score (nSPS) is 23.3. The van der Waals surface area contributed by atoms with Gasteiger partial charge in [-0.15, -0.1) is 0 Å². The van der Waals surface area contributed by atoms with Gasteiger partial charge in [0.1, 0.15) is 24.2 Å². The van der Waals surface area contributed by atoms with Gasteiger partial charge >= 0.3 is 7.12 Å². The Kier molecular flexibility index (Phi) is 23.6. The number of carbonyl (C=O) groups excluding carboxylic acids is 7. The molecule has 21 heteroatoms. The fraction of sp³-hybridized carbons (Fsp3) is 0.851. The van der Waals surface area contributed by atoms with E-state index in [9.17, 15) is 43.8 Å². The van der Waals surface area contributed by atoms with Crippen LogP contribution in [0.5, 0.6) is 0 Å². The zero-order valence-corrected chi connectivity index (χ0v) is 42.3. The molecule has 1 heterocycles. The molecule has 2 saturated carbocycles. The van der Waals surface area contributed by atoms with Gasteiger partial charge in [-0.25, -0.2) is 0 Å². The maximum Gasteiger partial charge on any atom is 0.481 e. The molecule has 3 rings (SSSR count). The molecule has 12 N–H and O–H groups in total. The summed E-state index contributed by atoms with van der Waals surface area (Å²) in [7, 11) is 0.565. The van der Waals surface area contributed by atoms with Crippen LogP contribution in [0.2, 0.25) is 0 Å². The lowest BCUT2D eigenvalue weighted by molar-refractivity contribution is -0.143. The van der Waals surface area contributed by atoms with E-state index in [2.05, 4.69) is 59.6 Å². The molecule has 0 aromatic carbocycles. The molecule has 0 aromatic rings. The summed E-state index contributed by atoms with van der Waals surface area (Å²) >= 11 is 0. The molecule has 20 nitrogen and oxygen atoms in total. The molecule has 68 heavy (non-hydrogen) atoms. The highest BCUT2D eigenvalue weighted by atomic mass is 16.7. The van der Waals surface area contributed by atoms with Crippen molar-refractivity contribution >= 4 is 48.5 Å². The Balaban J connectivity index is 1.41. The lowest BCUT2D eigenvalue weighted by atomic mass is 9.75. The Morgan fingerprint density at radius 3 is 1.90 bits per heavy atom. The number of aliphatic hydroxyl groups is 2. The van der Waals surface area contributed by atoms with Crippen molar-refractivity contribution in [1.82, 2.24) is 36.8 Å². The summed E-state index contributed by atoms with van der Waals surface area (Å²) in [6, 6.07) is -5.13. The molecule has 1 saturated heterocycles. The van der Waals surface area contributed by atoms with Gasteiger partial charge in [-0.3, -0.25) is 33.6 Å². The van der Waals surface area contributed by atoms with Crippen LogP contribution < -0.4 is 43.4 Å². The van der Waals surface area contributed by atoms with Crippen LogP contribution >= 0.6 is 0 Å². The maximum atomic E-state index is 13.6. The number of hydrogen-bond donors (Lipinski definition) is 10. The summed E-state index contributed by atoms with van der Waals surface area (Å²) < 4.78 is 12.9.